The Balaban J connectivity index is 1.41. The second-order valence-electron chi connectivity index (χ2n) is 6.76. The van der Waals surface area contributed by atoms with Crippen LogP contribution in [0.25, 0.3) is 0 Å². The molecule has 140 valence electrons. The van der Waals surface area contributed by atoms with Crippen LogP contribution in [0.5, 0.6) is 5.88 Å². The highest BCUT2D eigenvalue weighted by molar-refractivity contribution is 5.93. The lowest BCUT2D eigenvalue weighted by atomic mass is 10.1. The van der Waals surface area contributed by atoms with Gasteiger partial charge in [-0.1, -0.05) is 0 Å². The quantitative estimate of drug-likeness (QED) is 0.786. The van der Waals surface area contributed by atoms with Crippen molar-refractivity contribution in [1.82, 2.24) is 15.2 Å². The van der Waals surface area contributed by atoms with E-state index in [1.54, 1.807) is 23.2 Å². The van der Waals surface area contributed by atoms with Crippen molar-refractivity contribution in [3.05, 3.63) is 18.3 Å². The van der Waals surface area contributed by atoms with Crippen molar-refractivity contribution in [1.29, 1.82) is 0 Å². The molecule has 0 bridgehead atoms. The maximum absolute atomic E-state index is 12.0. The van der Waals surface area contributed by atoms with Gasteiger partial charge < -0.3 is 20.3 Å². The maximum Gasteiger partial charge on any atom is 0.241 e. The molecule has 3 amide bonds. The molecule has 2 N–H and O–H groups in total. The van der Waals surface area contributed by atoms with Gasteiger partial charge in [-0.2, -0.15) is 0 Å². The van der Waals surface area contributed by atoms with E-state index in [2.05, 4.69) is 15.6 Å². The number of carbonyl (C=O) groups excluding carboxylic acids is 3. The number of carbonyl (C=O) groups is 3. The van der Waals surface area contributed by atoms with Gasteiger partial charge in [0.25, 0.3) is 0 Å². The Morgan fingerprint density at radius 2 is 1.92 bits per heavy atom. The summed E-state index contributed by atoms with van der Waals surface area (Å²) >= 11 is 0. The lowest BCUT2D eigenvalue weighted by molar-refractivity contribution is -0.134. The molecule has 0 unspecified atom stereocenters. The largest absolute Gasteiger partial charge is 0.474 e. The normalized spacial score (nSPS) is 17.5. The highest BCUT2D eigenvalue weighted by atomic mass is 16.5. The fourth-order valence-corrected chi connectivity index (χ4v) is 2.82. The zero-order valence-electron chi connectivity index (χ0n) is 14.9. The Bertz CT molecular complexity index is 664. The van der Waals surface area contributed by atoms with E-state index in [9.17, 15) is 14.4 Å². The Labute approximate surface area is 152 Å². The molecule has 0 aromatic carbocycles. The first kappa shape index (κ1) is 18.2. The van der Waals surface area contributed by atoms with Crippen LogP contribution in [0.15, 0.2) is 18.3 Å². The summed E-state index contributed by atoms with van der Waals surface area (Å²) in [4.78, 5) is 40.5. The Hall–Kier alpha value is -2.64. The Morgan fingerprint density at radius 1 is 1.19 bits per heavy atom. The zero-order chi connectivity index (χ0) is 18.5. The molecular weight excluding hydrogens is 336 g/mol. The molecule has 1 aliphatic carbocycles. The van der Waals surface area contributed by atoms with Gasteiger partial charge in [0.05, 0.1) is 18.4 Å². The fraction of sp³-hybridized carbons (Fsp3) is 0.556. The number of ether oxygens (including phenoxy) is 1. The summed E-state index contributed by atoms with van der Waals surface area (Å²) in [7, 11) is 0. The van der Waals surface area contributed by atoms with Gasteiger partial charge in [0.2, 0.25) is 23.6 Å². The fourth-order valence-electron chi connectivity index (χ4n) is 2.82. The third-order valence-electron chi connectivity index (χ3n) is 4.52. The molecule has 2 fully saturated rings. The number of pyridine rings is 1. The van der Waals surface area contributed by atoms with E-state index in [1.807, 2.05) is 0 Å². The SMILES string of the molecule is CC(=O)NCC(=O)N1CCC(Oc2ccc(NC(=O)C3CC3)cn2)CC1. The summed E-state index contributed by atoms with van der Waals surface area (Å²) in [5.41, 5.74) is 0.674. The first-order valence-electron chi connectivity index (χ1n) is 8.97. The summed E-state index contributed by atoms with van der Waals surface area (Å²) < 4.78 is 5.87. The van der Waals surface area contributed by atoms with Crippen molar-refractivity contribution in [2.45, 2.75) is 38.7 Å². The average Bonchev–Trinajstić information content (AvgIpc) is 3.47. The minimum atomic E-state index is -0.209. The lowest BCUT2D eigenvalue weighted by Crippen LogP contribution is -2.45. The van der Waals surface area contributed by atoms with Gasteiger partial charge in [0.15, 0.2) is 0 Å². The highest BCUT2D eigenvalue weighted by Gasteiger charge is 2.29. The number of nitrogens with zero attached hydrogens (tertiary/aromatic N) is 2. The molecule has 8 nitrogen and oxygen atoms in total. The van der Waals surface area contributed by atoms with Gasteiger partial charge in [-0.25, -0.2) is 4.98 Å². The topological polar surface area (TPSA) is 101 Å². The molecule has 0 radical (unpaired) electrons. The van der Waals surface area contributed by atoms with Gasteiger partial charge in [0, 0.05) is 44.8 Å². The third kappa shape index (κ3) is 5.18. The number of anilines is 1. The van der Waals surface area contributed by atoms with E-state index < -0.39 is 0 Å². The summed E-state index contributed by atoms with van der Waals surface area (Å²) in [6.45, 7) is 2.62. The molecule has 8 heteroatoms. The number of piperidine rings is 1. The first-order chi connectivity index (χ1) is 12.5. The van der Waals surface area contributed by atoms with Crippen LogP contribution in [0.3, 0.4) is 0 Å². The first-order valence-corrected chi connectivity index (χ1v) is 8.97. The molecule has 1 aromatic rings. The van der Waals surface area contributed by atoms with Crippen molar-refractivity contribution in [2.75, 3.05) is 25.0 Å². The van der Waals surface area contributed by atoms with E-state index in [4.69, 9.17) is 4.74 Å². The van der Waals surface area contributed by atoms with E-state index in [0.29, 0.717) is 37.5 Å². The van der Waals surface area contributed by atoms with Gasteiger partial charge >= 0.3 is 0 Å². The molecule has 1 saturated carbocycles. The molecular formula is C18H24N4O4. The molecule has 1 aromatic heterocycles. The maximum atomic E-state index is 12.0. The van der Waals surface area contributed by atoms with Gasteiger partial charge in [-0.3, -0.25) is 14.4 Å². The van der Waals surface area contributed by atoms with Gasteiger partial charge in [0.1, 0.15) is 6.10 Å². The van der Waals surface area contributed by atoms with E-state index in [-0.39, 0.29) is 36.3 Å². The summed E-state index contributed by atoms with van der Waals surface area (Å²) in [6.07, 6.45) is 4.96. The number of amides is 3. The predicted molar refractivity (Wildman–Crippen MR) is 94.5 cm³/mol. The highest BCUT2D eigenvalue weighted by Crippen LogP contribution is 2.30. The lowest BCUT2D eigenvalue weighted by Gasteiger charge is -2.32. The van der Waals surface area contributed by atoms with Gasteiger partial charge in [-0.05, 0) is 18.9 Å². The monoisotopic (exact) mass is 360 g/mol. The molecule has 1 aliphatic heterocycles. The second-order valence-corrected chi connectivity index (χ2v) is 6.76. The van der Waals surface area contributed by atoms with Crippen molar-refractivity contribution >= 4 is 23.4 Å². The van der Waals surface area contributed by atoms with Crippen LogP contribution in [0, 0.1) is 5.92 Å². The Kier molecular flexibility index (Phi) is 5.70. The van der Waals surface area contributed by atoms with Crippen LogP contribution >= 0.6 is 0 Å². The number of rotatable bonds is 6. The zero-order valence-corrected chi connectivity index (χ0v) is 14.9. The smallest absolute Gasteiger partial charge is 0.241 e. The van der Waals surface area contributed by atoms with Crippen molar-refractivity contribution in [2.24, 2.45) is 5.92 Å². The molecule has 1 saturated heterocycles. The molecule has 0 spiro atoms. The molecule has 2 aliphatic rings. The standard InChI is InChI=1S/C18H24N4O4/c1-12(23)19-11-17(24)22-8-6-15(7-9-22)26-16-5-4-14(10-20-16)21-18(25)13-2-3-13/h4-5,10,13,15H,2-3,6-9,11H2,1H3,(H,19,23)(H,21,25). The predicted octanol–water partition coefficient (Wildman–Crippen LogP) is 0.936. The average molecular weight is 360 g/mol. The number of hydrogen-bond donors (Lipinski definition) is 2. The van der Waals surface area contributed by atoms with E-state index in [0.717, 1.165) is 12.8 Å². The molecule has 3 rings (SSSR count). The number of likely N-dealkylation sites (tertiary alicyclic amines) is 1. The Morgan fingerprint density at radius 3 is 2.50 bits per heavy atom. The third-order valence-corrected chi connectivity index (χ3v) is 4.52. The second kappa shape index (κ2) is 8.16. The van der Waals surface area contributed by atoms with Gasteiger partial charge in [-0.15, -0.1) is 0 Å². The van der Waals surface area contributed by atoms with Crippen molar-refractivity contribution < 1.29 is 19.1 Å². The van der Waals surface area contributed by atoms with Crippen LogP contribution < -0.4 is 15.4 Å². The van der Waals surface area contributed by atoms with Crippen LogP contribution in [-0.4, -0.2) is 53.3 Å². The van der Waals surface area contributed by atoms with Crippen LogP contribution in [0.4, 0.5) is 5.69 Å². The minimum Gasteiger partial charge on any atom is -0.474 e. The van der Waals surface area contributed by atoms with Crippen LogP contribution in [-0.2, 0) is 14.4 Å². The summed E-state index contributed by atoms with van der Waals surface area (Å²) in [5, 5.41) is 5.36. The summed E-state index contributed by atoms with van der Waals surface area (Å²) in [5.74, 6) is 0.436. The number of aromatic nitrogens is 1. The molecule has 26 heavy (non-hydrogen) atoms. The summed E-state index contributed by atoms with van der Waals surface area (Å²) in [6, 6.07) is 3.53. The minimum absolute atomic E-state index is 0.000721. The van der Waals surface area contributed by atoms with Crippen molar-refractivity contribution in [3.8, 4) is 5.88 Å². The molecule has 2 heterocycles. The van der Waals surface area contributed by atoms with Crippen LogP contribution in [0.2, 0.25) is 0 Å². The number of hydrogen-bond acceptors (Lipinski definition) is 5. The van der Waals surface area contributed by atoms with E-state index in [1.165, 1.54) is 6.92 Å². The molecule has 0 atom stereocenters. The number of nitrogens with one attached hydrogen (secondary N) is 2. The van der Waals surface area contributed by atoms with E-state index >= 15 is 0 Å². The van der Waals surface area contributed by atoms with Crippen LogP contribution in [0.1, 0.15) is 32.6 Å². The van der Waals surface area contributed by atoms with Crippen molar-refractivity contribution in [3.63, 3.8) is 0 Å².